The Hall–Kier alpha value is -3.54. The van der Waals surface area contributed by atoms with Gasteiger partial charge in [0.15, 0.2) is 0 Å². The lowest BCUT2D eigenvalue weighted by Crippen LogP contribution is -2.10. The summed E-state index contributed by atoms with van der Waals surface area (Å²) in [5, 5.41) is 1.92. The maximum atomic E-state index is 11.6. The quantitative estimate of drug-likeness (QED) is 0.473. The van der Waals surface area contributed by atoms with Crippen LogP contribution in [0.15, 0.2) is 60.8 Å². The number of carbonyl (C=O) groups is 1. The number of rotatable bonds is 5. The molecule has 0 aliphatic rings. The lowest BCUT2D eigenvalue weighted by atomic mass is 10.1. The average Bonchev–Trinajstić information content (AvgIpc) is 3.06. The van der Waals surface area contributed by atoms with Gasteiger partial charge in [0.05, 0.1) is 18.3 Å². The van der Waals surface area contributed by atoms with Gasteiger partial charge in [-0.25, -0.2) is 9.78 Å². The molecule has 0 saturated carbocycles. The minimum absolute atomic E-state index is 0.117. The summed E-state index contributed by atoms with van der Waals surface area (Å²) in [6, 6.07) is 17.6. The zero-order chi connectivity index (χ0) is 19.5. The molecule has 2 heterocycles. The Morgan fingerprint density at radius 1 is 1.07 bits per heavy atom. The molecule has 1 atom stereocenters. The standard InChI is InChI=1S/C22H20N2O4/c1-3-26-22(25)28-21-12-18-17-11-15(9-10-19(17)24-20(18)13-23-21)14(2)27-16-7-5-4-6-8-16/h4-14,24H,3H2,1-2H3. The van der Waals surface area contributed by atoms with Crippen molar-refractivity contribution >= 4 is 28.0 Å². The highest BCUT2D eigenvalue weighted by atomic mass is 16.7. The number of aromatic nitrogens is 2. The molecule has 0 amide bonds. The third-order valence-electron chi connectivity index (χ3n) is 4.46. The van der Waals surface area contributed by atoms with Crippen LogP contribution in [0.25, 0.3) is 21.8 Å². The van der Waals surface area contributed by atoms with E-state index >= 15 is 0 Å². The molecule has 0 fully saturated rings. The molecule has 142 valence electrons. The van der Waals surface area contributed by atoms with Crippen LogP contribution in [0.5, 0.6) is 11.6 Å². The fourth-order valence-electron chi connectivity index (χ4n) is 3.11. The normalized spacial score (nSPS) is 12.1. The molecule has 0 aliphatic carbocycles. The van der Waals surface area contributed by atoms with Gasteiger partial charge in [0.1, 0.15) is 11.9 Å². The van der Waals surface area contributed by atoms with E-state index in [9.17, 15) is 4.79 Å². The number of H-pyrrole nitrogens is 1. The van der Waals surface area contributed by atoms with Gasteiger partial charge in [0, 0.05) is 22.4 Å². The van der Waals surface area contributed by atoms with Gasteiger partial charge in [-0.15, -0.1) is 0 Å². The average molecular weight is 376 g/mol. The van der Waals surface area contributed by atoms with Crippen molar-refractivity contribution in [3.63, 3.8) is 0 Å². The lowest BCUT2D eigenvalue weighted by Gasteiger charge is -2.15. The molecule has 0 spiro atoms. The minimum atomic E-state index is -0.764. The third kappa shape index (κ3) is 3.62. The van der Waals surface area contributed by atoms with Crippen LogP contribution in [-0.2, 0) is 4.74 Å². The molecule has 6 heteroatoms. The van der Waals surface area contributed by atoms with Gasteiger partial charge in [0.2, 0.25) is 5.88 Å². The van der Waals surface area contributed by atoms with Crippen molar-refractivity contribution in [2.75, 3.05) is 6.61 Å². The van der Waals surface area contributed by atoms with Crippen LogP contribution in [0.3, 0.4) is 0 Å². The second kappa shape index (κ2) is 7.60. The predicted molar refractivity (Wildman–Crippen MR) is 107 cm³/mol. The van der Waals surface area contributed by atoms with E-state index < -0.39 is 6.16 Å². The fraction of sp³-hybridized carbons (Fsp3) is 0.182. The number of aromatic amines is 1. The maximum absolute atomic E-state index is 11.6. The number of ether oxygens (including phenoxy) is 3. The Kier molecular flexibility index (Phi) is 4.85. The Labute approximate surface area is 162 Å². The Bertz CT molecular complexity index is 1120. The van der Waals surface area contributed by atoms with E-state index in [1.165, 1.54) is 0 Å². The summed E-state index contributed by atoms with van der Waals surface area (Å²) >= 11 is 0. The van der Waals surface area contributed by atoms with Gasteiger partial charge in [-0.05, 0) is 43.7 Å². The minimum Gasteiger partial charge on any atom is -0.486 e. The molecular formula is C22H20N2O4. The number of nitrogens with one attached hydrogen (secondary N) is 1. The van der Waals surface area contributed by atoms with Crippen molar-refractivity contribution in [1.82, 2.24) is 9.97 Å². The second-order valence-electron chi connectivity index (χ2n) is 6.36. The van der Waals surface area contributed by atoms with E-state index in [-0.39, 0.29) is 18.6 Å². The molecule has 4 rings (SSSR count). The first-order valence-electron chi connectivity index (χ1n) is 9.11. The Balaban J connectivity index is 1.67. The van der Waals surface area contributed by atoms with Gasteiger partial charge in [-0.3, -0.25) is 0 Å². The topological polar surface area (TPSA) is 73.4 Å². The first-order chi connectivity index (χ1) is 13.6. The first kappa shape index (κ1) is 17.9. The van der Waals surface area contributed by atoms with Crippen LogP contribution < -0.4 is 9.47 Å². The van der Waals surface area contributed by atoms with Crippen LogP contribution in [0.4, 0.5) is 4.79 Å². The van der Waals surface area contributed by atoms with Gasteiger partial charge < -0.3 is 19.2 Å². The van der Waals surface area contributed by atoms with Gasteiger partial charge >= 0.3 is 6.16 Å². The number of nitrogens with zero attached hydrogens (tertiary/aromatic N) is 1. The third-order valence-corrected chi connectivity index (χ3v) is 4.46. The molecule has 6 nitrogen and oxygen atoms in total. The summed E-state index contributed by atoms with van der Waals surface area (Å²) in [7, 11) is 0. The van der Waals surface area contributed by atoms with Crippen molar-refractivity contribution in [1.29, 1.82) is 0 Å². The molecular weight excluding hydrogens is 356 g/mol. The van der Waals surface area contributed by atoms with Crippen LogP contribution >= 0.6 is 0 Å². The van der Waals surface area contributed by atoms with E-state index in [0.717, 1.165) is 33.1 Å². The van der Waals surface area contributed by atoms with E-state index in [1.807, 2.05) is 49.4 Å². The molecule has 1 unspecified atom stereocenters. The van der Waals surface area contributed by atoms with E-state index in [1.54, 1.807) is 19.2 Å². The highest BCUT2D eigenvalue weighted by Gasteiger charge is 2.13. The Morgan fingerprint density at radius 2 is 1.86 bits per heavy atom. The molecule has 2 aromatic carbocycles. The van der Waals surface area contributed by atoms with Crippen molar-refractivity contribution < 1.29 is 19.0 Å². The number of pyridine rings is 1. The van der Waals surface area contributed by atoms with E-state index in [4.69, 9.17) is 14.2 Å². The van der Waals surface area contributed by atoms with E-state index in [0.29, 0.717) is 0 Å². The number of hydrogen-bond donors (Lipinski definition) is 1. The zero-order valence-corrected chi connectivity index (χ0v) is 15.6. The van der Waals surface area contributed by atoms with Crippen molar-refractivity contribution in [2.45, 2.75) is 20.0 Å². The number of benzene rings is 2. The predicted octanol–water partition coefficient (Wildman–Crippen LogP) is 5.39. The first-order valence-corrected chi connectivity index (χ1v) is 9.11. The number of carbonyl (C=O) groups excluding carboxylic acids is 1. The highest BCUT2D eigenvalue weighted by molar-refractivity contribution is 6.07. The molecule has 0 radical (unpaired) electrons. The van der Waals surface area contributed by atoms with Crippen LogP contribution in [0.1, 0.15) is 25.5 Å². The monoisotopic (exact) mass is 376 g/mol. The summed E-state index contributed by atoms with van der Waals surface area (Å²) in [6.07, 6.45) is 0.765. The summed E-state index contributed by atoms with van der Waals surface area (Å²) < 4.78 is 16.0. The number of fused-ring (bicyclic) bond motifs is 3. The lowest BCUT2D eigenvalue weighted by molar-refractivity contribution is 0.103. The summed E-state index contributed by atoms with van der Waals surface area (Å²) in [4.78, 5) is 19.0. The van der Waals surface area contributed by atoms with Gasteiger partial charge in [-0.2, -0.15) is 0 Å². The maximum Gasteiger partial charge on any atom is 0.515 e. The van der Waals surface area contributed by atoms with Crippen molar-refractivity contribution in [3.05, 3.63) is 66.4 Å². The van der Waals surface area contributed by atoms with Crippen LogP contribution in [-0.4, -0.2) is 22.7 Å². The summed E-state index contributed by atoms with van der Waals surface area (Å²) in [5.74, 6) is 1.02. The molecule has 0 aliphatic heterocycles. The number of para-hydroxylation sites is 1. The number of hydrogen-bond acceptors (Lipinski definition) is 5. The van der Waals surface area contributed by atoms with E-state index in [2.05, 4.69) is 16.0 Å². The van der Waals surface area contributed by atoms with Gasteiger partial charge in [-0.1, -0.05) is 24.3 Å². The van der Waals surface area contributed by atoms with Crippen LogP contribution in [0.2, 0.25) is 0 Å². The molecule has 0 bridgehead atoms. The molecule has 4 aromatic rings. The molecule has 28 heavy (non-hydrogen) atoms. The summed E-state index contributed by atoms with van der Waals surface area (Å²) in [5.41, 5.74) is 2.88. The molecule has 2 aromatic heterocycles. The van der Waals surface area contributed by atoms with Crippen LogP contribution in [0, 0.1) is 0 Å². The molecule has 0 saturated heterocycles. The SMILES string of the molecule is CCOC(=O)Oc1cc2c(cn1)[nH]c1ccc(C(C)Oc3ccccc3)cc12. The second-order valence-corrected chi connectivity index (χ2v) is 6.36. The largest absolute Gasteiger partial charge is 0.515 e. The Morgan fingerprint density at radius 3 is 2.64 bits per heavy atom. The van der Waals surface area contributed by atoms with Gasteiger partial charge in [0.25, 0.3) is 0 Å². The van der Waals surface area contributed by atoms with Crippen molar-refractivity contribution in [2.24, 2.45) is 0 Å². The van der Waals surface area contributed by atoms with Crippen molar-refractivity contribution in [3.8, 4) is 11.6 Å². The highest BCUT2D eigenvalue weighted by Crippen LogP contribution is 2.31. The smallest absolute Gasteiger partial charge is 0.486 e. The zero-order valence-electron chi connectivity index (χ0n) is 15.6. The summed E-state index contributed by atoms with van der Waals surface area (Å²) in [6.45, 7) is 3.98. The molecule has 1 N–H and O–H groups in total. The fourth-order valence-corrected chi connectivity index (χ4v) is 3.11.